The summed E-state index contributed by atoms with van der Waals surface area (Å²) in [5, 5.41) is 2.88. The molecule has 7 nitrogen and oxygen atoms in total. The van der Waals surface area contributed by atoms with Gasteiger partial charge in [0.05, 0.1) is 10.5 Å². The molecule has 0 aliphatic heterocycles. The highest BCUT2D eigenvalue weighted by molar-refractivity contribution is 7.89. The lowest BCUT2D eigenvalue weighted by atomic mass is 10.2. The minimum absolute atomic E-state index is 0.0157. The fraction of sp³-hybridized carbons (Fsp3) is 0.556. The predicted molar refractivity (Wildman–Crippen MR) is 95.1 cm³/mol. The zero-order valence-corrected chi connectivity index (χ0v) is 15.6. The van der Waals surface area contributed by atoms with Gasteiger partial charge in [0.25, 0.3) is 5.91 Å². The predicted octanol–water partition coefficient (Wildman–Crippen LogP) is 1.73. The van der Waals surface area contributed by atoms with Crippen molar-refractivity contribution < 1.29 is 22.7 Å². The quantitative estimate of drug-likeness (QED) is 0.702. The first-order valence-corrected chi connectivity index (χ1v) is 10.5. The van der Waals surface area contributed by atoms with E-state index in [4.69, 9.17) is 4.74 Å². The third-order valence-electron chi connectivity index (χ3n) is 4.63. The van der Waals surface area contributed by atoms with Crippen LogP contribution in [-0.4, -0.2) is 38.5 Å². The average molecular weight is 380 g/mol. The molecular weight excluding hydrogens is 356 g/mol. The number of nitrogens with one attached hydrogen (secondary N) is 2. The Kier molecular flexibility index (Phi) is 5.62. The molecule has 1 unspecified atom stereocenters. The van der Waals surface area contributed by atoms with Crippen LogP contribution in [-0.2, 0) is 19.6 Å². The van der Waals surface area contributed by atoms with E-state index in [2.05, 4.69) is 10.0 Å². The Morgan fingerprint density at radius 2 is 1.81 bits per heavy atom. The summed E-state index contributed by atoms with van der Waals surface area (Å²) in [6, 6.07) is 5.79. The summed E-state index contributed by atoms with van der Waals surface area (Å²) in [5.74, 6) is -1.05. The van der Waals surface area contributed by atoms with Crippen LogP contribution in [0, 0.1) is 0 Å². The van der Waals surface area contributed by atoms with Gasteiger partial charge in [-0.3, -0.25) is 4.79 Å². The second-order valence-corrected chi connectivity index (χ2v) is 8.67. The number of esters is 1. The molecule has 8 heteroatoms. The minimum Gasteiger partial charge on any atom is -0.449 e. The van der Waals surface area contributed by atoms with Gasteiger partial charge >= 0.3 is 5.97 Å². The number of rotatable bonds is 7. The number of hydrogen-bond donors (Lipinski definition) is 2. The van der Waals surface area contributed by atoms with E-state index in [0.29, 0.717) is 0 Å². The van der Waals surface area contributed by atoms with Crippen LogP contribution >= 0.6 is 0 Å². The van der Waals surface area contributed by atoms with Crippen LogP contribution in [0.25, 0.3) is 0 Å². The molecule has 1 atom stereocenters. The normalized spacial score (nSPS) is 19.1. The number of sulfonamides is 1. The zero-order valence-electron chi connectivity index (χ0n) is 14.7. The number of ether oxygens (including phenoxy) is 1. The van der Waals surface area contributed by atoms with Gasteiger partial charge in [-0.15, -0.1) is 0 Å². The van der Waals surface area contributed by atoms with Crippen LogP contribution in [0.1, 0.15) is 55.8 Å². The molecule has 26 heavy (non-hydrogen) atoms. The summed E-state index contributed by atoms with van der Waals surface area (Å²) in [7, 11) is -3.65. The lowest BCUT2D eigenvalue weighted by molar-refractivity contribution is -0.129. The van der Waals surface area contributed by atoms with Gasteiger partial charge in [-0.05, 0) is 50.8 Å². The van der Waals surface area contributed by atoms with E-state index in [1.165, 1.54) is 31.2 Å². The molecule has 0 heterocycles. The molecule has 1 aromatic rings. The number of benzene rings is 1. The number of amides is 1. The summed E-state index contributed by atoms with van der Waals surface area (Å²) in [6.07, 6.45) is 4.79. The van der Waals surface area contributed by atoms with Gasteiger partial charge in [0.1, 0.15) is 0 Å². The van der Waals surface area contributed by atoms with Gasteiger partial charge in [0.2, 0.25) is 10.0 Å². The Bertz CT molecular complexity index is 783. The van der Waals surface area contributed by atoms with Crippen molar-refractivity contribution in [2.45, 2.75) is 68.5 Å². The van der Waals surface area contributed by atoms with Gasteiger partial charge in [0.15, 0.2) is 6.10 Å². The Hall–Kier alpha value is -1.93. The van der Waals surface area contributed by atoms with Crippen molar-refractivity contribution in [1.82, 2.24) is 10.0 Å². The fourth-order valence-corrected chi connectivity index (χ4v) is 4.30. The molecule has 142 valence electrons. The molecule has 2 aliphatic rings. The second-order valence-electron chi connectivity index (χ2n) is 6.96. The molecule has 0 bridgehead atoms. The summed E-state index contributed by atoms with van der Waals surface area (Å²) in [4.78, 5) is 24.4. The maximum Gasteiger partial charge on any atom is 0.338 e. The van der Waals surface area contributed by atoms with Crippen molar-refractivity contribution in [3.63, 3.8) is 0 Å². The maximum atomic E-state index is 12.3. The Morgan fingerprint density at radius 3 is 2.46 bits per heavy atom. The van der Waals surface area contributed by atoms with E-state index >= 15 is 0 Å². The minimum atomic E-state index is -3.65. The van der Waals surface area contributed by atoms with Gasteiger partial charge in [-0.2, -0.15) is 0 Å². The van der Waals surface area contributed by atoms with Crippen LogP contribution in [0.4, 0.5) is 0 Å². The van der Waals surface area contributed by atoms with Crippen LogP contribution in [0.15, 0.2) is 29.2 Å². The topological polar surface area (TPSA) is 102 Å². The largest absolute Gasteiger partial charge is 0.449 e. The van der Waals surface area contributed by atoms with E-state index < -0.39 is 22.1 Å². The molecule has 1 amide bonds. The second kappa shape index (κ2) is 7.75. The van der Waals surface area contributed by atoms with Crippen LogP contribution in [0.2, 0.25) is 0 Å². The summed E-state index contributed by atoms with van der Waals surface area (Å²) in [6.45, 7) is 1.51. The highest BCUT2D eigenvalue weighted by Crippen LogP contribution is 2.23. The Labute approximate surface area is 153 Å². The molecule has 2 fully saturated rings. The first kappa shape index (κ1) is 18.8. The number of carbonyl (C=O) groups excluding carboxylic acids is 2. The van der Waals surface area contributed by atoms with Crippen molar-refractivity contribution in [3.05, 3.63) is 29.8 Å². The smallest absolute Gasteiger partial charge is 0.338 e. The zero-order chi connectivity index (χ0) is 18.7. The standard InChI is InChI=1S/C18H24N2O5S/c1-12(17(21)19-14-6-2-3-7-14)25-18(22)13-5-4-8-16(11-13)26(23,24)20-15-9-10-15/h4-5,8,11-12,14-15,20H,2-3,6-7,9-10H2,1H3,(H,19,21). The molecule has 2 saturated carbocycles. The van der Waals surface area contributed by atoms with Crippen LogP contribution in [0.3, 0.4) is 0 Å². The van der Waals surface area contributed by atoms with Crippen molar-refractivity contribution >= 4 is 21.9 Å². The molecule has 1 aromatic carbocycles. The third kappa shape index (κ3) is 4.82. The van der Waals surface area contributed by atoms with Gasteiger partial charge < -0.3 is 10.1 Å². The van der Waals surface area contributed by atoms with Crippen LogP contribution in [0.5, 0.6) is 0 Å². The summed E-state index contributed by atoms with van der Waals surface area (Å²) in [5.41, 5.74) is 0.101. The molecule has 0 aromatic heterocycles. The maximum absolute atomic E-state index is 12.3. The summed E-state index contributed by atoms with van der Waals surface area (Å²) >= 11 is 0. The van der Waals surface area contributed by atoms with Crippen molar-refractivity contribution in [2.75, 3.05) is 0 Å². The molecule has 0 radical (unpaired) electrons. The van der Waals surface area contributed by atoms with E-state index in [1.807, 2.05) is 0 Å². The lowest BCUT2D eigenvalue weighted by Gasteiger charge is -2.17. The fourth-order valence-electron chi connectivity index (χ4n) is 2.95. The molecule has 2 N–H and O–H groups in total. The highest BCUT2D eigenvalue weighted by atomic mass is 32.2. The van der Waals surface area contributed by atoms with Crippen molar-refractivity contribution in [1.29, 1.82) is 0 Å². The SMILES string of the molecule is CC(OC(=O)c1cccc(S(=O)(=O)NC2CC2)c1)C(=O)NC1CCCC1. The Balaban J connectivity index is 1.61. The monoisotopic (exact) mass is 380 g/mol. The number of hydrogen-bond acceptors (Lipinski definition) is 5. The van der Waals surface area contributed by atoms with Crippen LogP contribution < -0.4 is 10.0 Å². The third-order valence-corrected chi connectivity index (χ3v) is 6.15. The first-order chi connectivity index (χ1) is 12.3. The Morgan fingerprint density at radius 1 is 1.12 bits per heavy atom. The van der Waals surface area contributed by atoms with E-state index in [0.717, 1.165) is 38.5 Å². The van der Waals surface area contributed by atoms with Crippen molar-refractivity contribution in [2.24, 2.45) is 0 Å². The van der Waals surface area contributed by atoms with E-state index in [-0.39, 0.29) is 28.4 Å². The van der Waals surface area contributed by atoms with E-state index in [1.54, 1.807) is 0 Å². The molecular formula is C18H24N2O5S. The molecule has 2 aliphatic carbocycles. The summed E-state index contributed by atoms with van der Waals surface area (Å²) < 4.78 is 32.3. The van der Waals surface area contributed by atoms with Gasteiger partial charge in [0, 0.05) is 12.1 Å². The lowest BCUT2D eigenvalue weighted by Crippen LogP contribution is -2.40. The molecule has 0 saturated heterocycles. The van der Waals surface area contributed by atoms with Crippen molar-refractivity contribution in [3.8, 4) is 0 Å². The van der Waals surface area contributed by atoms with Gasteiger partial charge in [-0.25, -0.2) is 17.9 Å². The first-order valence-electron chi connectivity index (χ1n) is 8.99. The number of carbonyl (C=O) groups is 2. The molecule has 3 rings (SSSR count). The average Bonchev–Trinajstić information content (AvgIpc) is 3.26. The van der Waals surface area contributed by atoms with Gasteiger partial charge in [-0.1, -0.05) is 18.9 Å². The van der Waals surface area contributed by atoms with E-state index in [9.17, 15) is 18.0 Å². The molecule has 0 spiro atoms. The highest BCUT2D eigenvalue weighted by Gasteiger charge is 2.29.